The van der Waals surface area contributed by atoms with Gasteiger partial charge < -0.3 is 20.7 Å². The molecular weight excluding hydrogens is 403 g/mol. The van der Waals surface area contributed by atoms with Gasteiger partial charge in [0.05, 0.1) is 24.4 Å². The quantitative estimate of drug-likeness (QED) is 0.673. The molecular formula is C19H30Cl2N4O3. The molecule has 7 nitrogen and oxygen atoms in total. The zero-order valence-electron chi connectivity index (χ0n) is 16.3. The summed E-state index contributed by atoms with van der Waals surface area (Å²) in [7, 11) is 1.56. The average Bonchev–Trinajstić information content (AvgIpc) is 3.23. The lowest BCUT2D eigenvalue weighted by Crippen LogP contribution is -2.41. The molecule has 3 N–H and O–H groups in total. The molecule has 0 aromatic heterocycles. The van der Waals surface area contributed by atoms with Gasteiger partial charge in [0.1, 0.15) is 5.75 Å². The Morgan fingerprint density at radius 1 is 1.36 bits per heavy atom. The molecule has 1 aromatic rings. The van der Waals surface area contributed by atoms with Crippen LogP contribution in [0, 0.1) is 5.92 Å². The van der Waals surface area contributed by atoms with E-state index in [0.717, 1.165) is 26.1 Å². The Balaban J connectivity index is 0.00000196. The molecule has 158 valence electrons. The topological polar surface area (TPSA) is 87.9 Å². The maximum absolute atomic E-state index is 12.6. The first-order chi connectivity index (χ1) is 12.5. The highest BCUT2D eigenvalue weighted by Crippen LogP contribution is 2.27. The minimum Gasteiger partial charge on any atom is -0.497 e. The van der Waals surface area contributed by atoms with Gasteiger partial charge in [0.2, 0.25) is 11.8 Å². The summed E-state index contributed by atoms with van der Waals surface area (Å²) in [6.07, 6.45) is 2.56. The van der Waals surface area contributed by atoms with Crippen LogP contribution in [0.3, 0.4) is 0 Å². The predicted molar refractivity (Wildman–Crippen MR) is 115 cm³/mol. The first-order valence-corrected chi connectivity index (χ1v) is 9.28. The summed E-state index contributed by atoms with van der Waals surface area (Å²) in [5, 5.41) is 2.85. The van der Waals surface area contributed by atoms with Crippen molar-refractivity contribution in [3.8, 4) is 5.75 Å². The largest absolute Gasteiger partial charge is 0.497 e. The molecule has 0 saturated carbocycles. The van der Waals surface area contributed by atoms with E-state index in [-0.39, 0.29) is 49.0 Å². The number of amides is 2. The third kappa shape index (κ3) is 5.43. The molecule has 0 bridgehead atoms. The number of rotatable bonds is 6. The van der Waals surface area contributed by atoms with E-state index in [1.165, 1.54) is 6.42 Å². The number of benzene rings is 1. The zero-order valence-corrected chi connectivity index (χ0v) is 18.0. The van der Waals surface area contributed by atoms with Crippen molar-refractivity contribution in [3.63, 3.8) is 0 Å². The average molecular weight is 433 g/mol. The van der Waals surface area contributed by atoms with Crippen molar-refractivity contribution in [1.29, 1.82) is 0 Å². The maximum atomic E-state index is 12.6. The third-order valence-corrected chi connectivity index (χ3v) is 5.44. The van der Waals surface area contributed by atoms with Gasteiger partial charge in [-0.25, -0.2) is 0 Å². The van der Waals surface area contributed by atoms with Crippen molar-refractivity contribution in [2.75, 3.05) is 44.3 Å². The summed E-state index contributed by atoms with van der Waals surface area (Å²) >= 11 is 0. The van der Waals surface area contributed by atoms with E-state index >= 15 is 0 Å². The van der Waals surface area contributed by atoms with Crippen LogP contribution in [-0.4, -0.2) is 60.9 Å². The molecule has 2 atom stereocenters. The Hall–Kier alpha value is -1.70. The van der Waals surface area contributed by atoms with Crippen molar-refractivity contribution in [2.24, 2.45) is 5.92 Å². The number of nitrogens with one attached hydrogen (secondary N) is 1. The van der Waals surface area contributed by atoms with E-state index in [2.05, 4.69) is 17.1 Å². The highest BCUT2D eigenvalue weighted by molar-refractivity contribution is 5.99. The summed E-state index contributed by atoms with van der Waals surface area (Å²) < 4.78 is 5.17. The number of likely N-dealkylation sites (N-methyl/N-ethyl adjacent to an activating group) is 1. The standard InChI is InChI=1S/C19H28N4O3.2ClH/c1-3-22-8-4-5-14(22)12-23-11-13(9-18(23)24)19(25)21-17-10-15(26-2)6-7-16(17)20;;/h6-7,10,13-14H,3-5,8-9,11-12,20H2,1-2H3,(H,21,25);2*1H. The molecule has 28 heavy (non-hydrogen) atoms. The Labute approximate surface area is 178 Å². The smallest absolute Gasteiger partial charge is 0.229 e. The van der Waals surface area contributed by atoms with Gasteiger partial charge in [0, 0.05) is 31.6 Å². The third-order valence-electron chi connectivity index (χ3n) is 5.44. The van der Waals surface area contributed by atoms with Crippen LogP contribution in [0.2, 0.25) is 0 Å². The van der Waals surface area contributed by atoms with Crippen LogP contribution < -0.4 is 15.8 Å². The first kappa shape index (κ1) is 24.3. The summed E-state index contributed by atoms with van der Waals surface area (Å²) in [6.45, 7) is 5.45. The second kappa shape index (κ2) is 10.7. The highest BCUT2D eigenvalue weighted by atomic mass is 35.5. The fraction of sp³-hybridized carbons (Fsp3) is 0.579. The fourth-order valence-electron chi connectivity index (χ4n) is 3.90. The number of nitrogen functional groups attached to an aromatic ring is 1. The molecule has 0 aliphatic carbocycles. The van der Waals surface area contributed by atoms with E-state index in [1.807, 2.05) is 4.90 Å². The highest BCUT2D eigenvalue weighted by Gasteiger charge is 2.37. The number of ether oxygens (including phenoxy) is 1. The number of methoxy groups -OCH3 is 1. The van der Waals surface area contributed by atoms with E-state index < -0.39 is 0 Å². The Morgan fingerprint density at radius 3 is 2.79 bits per heavy atom. The van der Waals surface area contributed by atoms with Crippen molar-refractivity contribution < 1.29 is 14.3 Å². The molecule has 2 amide bonds. The van der Waals surface area contributed by atoms with Crippen molar-refractivity contribution in [1.82, 2.24) is 9.80 Å². The molecule has 2 heterocycles. The van der Waals surface area contributed by atoms with Crippen LogP contribution >= 0.6 is 24.8 Å². The lowest BCUT2D eigenvalue weighted by Gasteiger charge is -2.27. The SMILES string of the molecule is CCN1CCCC1CN1CC(C(=O)Nc2cc(OC)ccc2N)CC1=O.Cl.Cl. The molecule has 2 aliphatic heterocycles. The number of nitrogens with two attached hydrogens (primary N) is 1. The van der Waals surface area contributed by atoms with Gasteiger partial charge in [0.15, 0.2) is 0 Å². The second-order valence-corrected chi connectivity index (χ2v) is 7.07. The van der Waals surface area contributed by atoms with E-state index in [9.17, 15) is 9.59 Å². The van der Waals surface area contributed by atoms with Gasteiger partial charge in [0.25, 0.3) is 0 Å². The minimum absolute atomic E-state index is 0. The fourth-order valence-corrected chi connectivity index (χ4v) is 3.90. The van der Waals surface area contributed by atoms with Crippen LogP contribution in [0.25, 0.3) is 0 Å². The Kier molecular flexibility index (Phi) is 9.33. The summed E-state index contributed by atoms with van der Waals surface area (Å²) in [5.41, 5.74) is 6.93. The predicted octanol–water partition coefficient (Wildman–Crippen LogP) is 2.39. The van der Waals surface area contributed by atoms with Crippen molar-refractivity contribution in [3.05, 3.63) is 18.2 Å². The second-order valence-electron chi connectivity index (χ2n) is 7.07. The number of nitrogens with zero attached hydrogens (tertiary/aromatic N) is 2. The van der Waals surface area contributed by atoms with Gasteiger partial charge in [-0.05, 0) is 38.1 Å². The normalized spacial score (nSPS) is 21.8. The minimum atomic E-state index is -0.343. The number of halogens is 2. The lowest BCUT2D eigenvalue weighted by atomic mass is 10.1. The lowest BCUT2D eigenvalue weighted by molar-refractivity contribution is -0.128. The number of anilines is 2. The monoisotopic (exact) mass is 432 g/mol. The summed E-state index contributed by atoms with van der Waals surface area (Å²) in [6, 6.07) is 5.55. The molecule has 2 aliphatic rings. The Bertz CT molecular complexity index is 689. The van der Waals surface area contributed by atoms with Gasteiger partial charge in [-0.1, -0.05) is 6.92 Å². The number of carbonyl (C=O) groups is 2. The van der Waals surface area contributed by atoms with Gasteiger partial charge in [-0.3, -0.25) is 14.5 Å². The number of likely N-dealkylation sites (tertiary alicyclic amines) is 2. The van der Waals surface area contributed by atoms with Crippen LogP contribution in [-0.2, 0) is 9.59 Å². The van der Waals surface area contributed by atoms with Crippen LogP contribution in [0.15, 0.2) is 18.2 Å². The summed E-state index contributed by atoms with van der Waals surface area (Å²) in [5.74, 6) is 0.176. The van der Waals surface area contributed by atoms with Crippen LogP contribution in [0.1, 0.15) is 26.2 Å². The van der Waals surface area contributed by atoms with Gasteiger partial charge >= 0.3 is 0 Å². The van der Waals surface area contributed by atoms with Crippen LogP contribution in [0.4, 0.5) is 11.4 Å². The maximum Gasteiger partial charge on any atom is 0.229 e. The first-order valence-electron chi connectivity index (χ1n) is 9.28. The van der Waals surface area contributed by atoms with Gasteiger partial charge in [-0.15, -0.1) is 24.8 Å². The molecule has 0 radical (unpaired) electrons. The molecule has 3 rings (SSSR count). The molecule has 2 saturated heterocycles. The number of carbonyl (C=O) groups excluding carboxylic acids is 2. The zero-order chi connectivity index (χ0) is 18.7. The number of hydrogen-bond acceptors (Lipinski definition) is 5. The summed E-state index contributed by atoms with van der Waals surface area (Å²) in [4.78, 5) is 29.3. The molecule has 2 unspecified atom stereocenters. The molecule has 1 aromatic carbocycles. The van der Waals surface area contributed by atoms with E-state index in [0.29, 0.717) is 29.7 Å². The molecule has 2 fully saturated rings. The van der Waals surface area contributed by atoms with Crippen molar-refractivity contribution >= 4 is 48.0 Å². The van der Waals surface area contributed by atoms with Crippen LogP contribution in [0.5, 0.6) is 5.75 Å². The van der Waals surface area contributed by atoms with E-state index in [4.69, 9.17) is 10.5 Å². The number of hydrogen-bond donors (Lipinski definition) is 2. The van der Waals surface area contributed by atoms with Gasteiger partial charge in [-0.2, -0.15) is 0 Å². The van der Waals surface area contributed by atoms with E-state index in [1.54, 1.807) is 25.3 Å². The van der Waals surface area contributed by atoms with Crippen molar-refractivity contribution in [2.45, 2.75) is 32.2 Å². The molecule has 0 spiro atoms. The molecule has 9 heteroatoms. The Morgan fingerprint density at radius 2 is 2.11 bits per heavy atom.